The number of cyclic esters (lactones) is 1. The molecule has 1 amide bonds. The topological polar surface area (TPSA) is 120 Å². The molecule has 0 spiro atoms. The summed E-state index contributed by atoms with van der Waals surface area (Å²) < 4.78 is 11.8. The van der Waals surface area contributed by atoms with E-state index in [0.29, 0.717) is 41.7 Å². The maximum absolute atomic E-state index is 12.4. The van der Waals surface area contributed by atoms with E-state index in [4.69, 9.17) is 20.2 Å². The van der Waals surface area contributed by atoms with Crippen molar-refractivity contribution in [3.05, 3.63) is 53.3 Å². The van der Waals surface area contributed by atoms with Crippen molar-refractivity contribution in [3.8, 4) is 5.75 Å². The van der Waals surface area contributed by atoms with Gasteiger partial charge in [0.2, 0.25) is 5.91 Å². The largest absolute Gasteiger partial charge is 0.486 e. The number of hydrogen-bond acceptors (Lipinski definition) is 8. The van der Waals surface area contributed by atoms with Crippen LogP contribution in [0.4, 0.5) is 11.6 Å². The van der Waals surface area contributed by atoms with Gasteiger partial charge >= 0.3 is 5.97 Å². The number of nitrogens with two attached hydrogens (primary N) is 1. The van der Waals surface area contributed by atoms with E-state index in [0.717, 1.165) is 16.3 Å². The van der Waals surface area contributed by atoms with Crippen molar-refractivity contribution >= 4 is 34.3 Å². The van der Waals surface area contributed by atoms with Crippen molar-refractivity contribution in [1.82, 2.24) is 14.9 Å². The van der Waals surface area contributed by atoms with Crippen LogP contribution in [0.15, 0.2) is 36.5 Å². The van der Waals surface area contributed by atoms with Crippen molar-refractivity contribution in [3.63, 3.8) is 0 Å². The molecule has 1 fully saturated rings. The number of likely N-dealkylation sites (tertiary alicyclic amines) is 1. The minimum atomic E-state index is -0.642. The molecular formula is C28H33N5O4. The highest BCUT2D eigenvalue weighted by molar-refractivity contribution is 5.94. The van der Waals surface area contributed by atoms with Crippen molar-refractivity contribution in [2.24, 2.45) is 5.73 Å². The smallest absolute Gasteiger partial charge is 0.340 e. The maximum Gasteiger partial charge on any atom is 0.340 e. The molecule has 0 unspecified atom stereocenters. The van der Waals surface area contributed by atoms with E-state index in [-0.39, 0.29) is 23.9 Å². The van der Waals surface area contributed by atoms with Crippen LogP contribution in [0.3, 0.4) is 0 Å². The number of fused-ring (bicyclic) bond motifs is 2. The Morgan fingerprint density at radius 2 is 1.92 bits per heavy atom. The molecule has 1 saturated heterocycles. The SMILES string of the molecule is CC(=O)N1CC(Oc2ccc(C(C)(C)N)c3cc(Nc4ccc5c(n4)[C@@H](C)C(C)(C)OC5=O)ncc23)C1. The lowest BCUT2D eigenvalue weighted by atomic mass is 9.84. The van der Waals surface area contributed by atoms with Crippen LogP contribution in [0, 0.1) is 0 Å². The summed E-state index contributed by atoms with van der Waals surface area (Å²) >= 11 is 0. The van der Waals surface area contributed by atoms with Crippen LogP contribution in [0.1, 0.15) is 69.1 Å². The van der Waals surface area contributed by atoms with Gasteiger partial charge in [-0.05, 0) is 62.9 Å². The summed E-state index contributed by atoms with van der Waals surface area (Å²) in [5.41, 5.74) is 7.42. The van der Waals surface area contributed by atoms with Gasteiger partial charge in [0, 0.05) is 30.0 Å². The van der Waals surface area contributed by atoms with Gasteiger partial charge in [-0.15, -0.1) is 0 Å². The molecule has 1 aromatic carbocycles. The second-order valence-electron chi connectivity index (χ2n) is 11.1. The van der Waals surface area contributed by atoms with E-state index in [1.54, 1.807) is 30.2 Å². The highest BCUT2D eigenvalue weighted by Gasteiger charge is 2.40. The van der Waals surface area contributed by atoms with Gasteiger partial charge in [0.25, 0.3) is 0 Å². The molecule has 0 bridgehead atoms. The molecule has 0 aliphatic carbocycles. The predicted octanol–water partition coefficient (Wildman–Crippen LogP) is 4.23. The average molecular weight is 504 g/mol. The summed E-state index contributed by atoms with van der Waals surface area (Å²) in [6.07, 6.45) is 1.71. The van der Waals surface area contributed by atoms with E-state index in [2.05, 4.69) is 10.3 Å². The summed E-state index contributed by atoms with van der Waals surface area (Å²) in [5.74, 6) is 1.51. The second-order valence-corrected chi connectivity index (χ2v) is 11.1. The molecule has 5 rings (SSSR count). The predicted molar refractivity (Wildman–Crippen MR) is 141 cm³/mol. The van der Waals surface area contributed by atoms with E-state index in [9.17, 15) is 9.59 Å². The average Bonchev–Trinajstić information content (AvgIpc) is 2.78. The fourth-order valence-electron chi connectivity index (χ4n) is 4.79. The first kappa shape index (κ1) is 25.0. The molecule has 2 aliphatic heterocycles. The number of carbonyl (C=O) groups is 2. The summed E-state index contributed by atoms with van der Waals surface area (Å²) in [7, 11) is 0. The zero-order valence-electron chi connectivity index (χ0n) is 22.1. The number of hydrogen-bond donors (Lipinski definition) is 2. The summed E-state index contributed by atoms with van der Waals surface area (Å²) in [4.78, 5) is 35.1. The molecule has 9 heteroatoms. The number of amides is 1. The molecule has 1 atom stereocenters. The van der Waals surface area contributed by atoms with Crippen molar-refractivity contribution < 1.29 is 19.1 Å². The Bertz CT molecular complexity index is 1410. The molecule has 4 heterocycles. The van der Waals surface area contributed by atoms with Crippen LogP contribution < -0.4 is 15.8 Å². The van der Waals surface area contributed by atoms with E-state index in [1.807, 2.05) is 52.8 Å². The Morgan fingerprint density at radius 1 is 1.19 bits per heavy atom. The molecule has 37 heavy (non-hydrogen) atoms. The number of rotatable bonds is 5. The number of pyridine rings is 2. The monoisotopic (exact) mass is 503 g/mol. The molecule has 0 saturated carbocycles. The molecule has 0 radical (unpaired) electrons. The minimum Gasteiger partial charge on any atom is -0.486 e. The quantitative estimate of drug-likeness (QED) is 0.497. The van der Waals surface area contributed by atoms with Gasteiger partial charge in [-0.3, -0.25) is 4.79 Å². The van der Waals surface area contributed by atoms with Crippen molar-refractivity contribution in [1.29, 1.82) is 0 Å². The highest BCUT2D eigenvalue weighted by atomic mass is 16.6. The number of anilines is 2. The number of nitrogens with zero attached hydrogens (tertiary/aromatic N) is 3. The zero-order chi connectivity index (χ0) is 26.7. The van der Waals surface area contributed by atoms with Gasteiger partial charge in [-0.1, -0.05) is 13.0 Å². The molecule has 2 aliphatic rings. The lowest BCUT2D eigenvalue weighted by Crippen LogP contribution is -2.55. The Balaban J connectivity index is 1.48. The Morgan fingerprint density at radius 3 is 2.59 bits per heavy atom. The van der Waals surface area contributed by atoms with Crippen molar-refractivity contribution in [2.45, 2.75) is 64.7 Å². The summed E-state index contributed by atoms with van der Waals surface area (Å²) in [6.45, 7) is 12.4. The highest BCUT2D eigenvalue weighted by Crippen LogP contribution is 2.39. The lowest BCUT2D eigenvalue weighted by molar-refractivity contribution is -0.137. The number of ether oxygens (including phenoxy) is 2. The summed E-state index contributed by atoms with van der Waals surface area (Å²) in [6, 6.07) is 9.34. The van der Waals surface area contributed by atoms with Gasteiger partial charge in [0.05, 0.1) is 24.3 Å². The van der Waals surface area contributed by atoms with Gasteiger partial charge < -0.3 is 25.4 Å². The van der Waals surface area contributed by atoms with Gasteiger partial charge in [0.15, 0.2) is 0 Å². The first-order valence-corrected chi connectivity index (χ1v) is 12.5. The van der Waals surface area contributed by atoms with Gasteiger partial charge in [-0.2, -0.15) is 0 Å². The molecule has 9 nitrogen and oxygen atoms in total. The number of nitrogens with one attached hydrogen (secondary N) is 1. The summed E-state index contributed by atoms with van der Waals surface area (Å²) in [5, 5.41) is 5.05. The normalized spacial score (nSPS) is 19.2. The molecule has 194 valence electrons. The fraction of sp³-hybridized carbons (Fsp3) is 0.429. The van der Waals surface area contributed by atoms with Crippen LogP contribution in [-0.2, 0) is 15.1 Å². The third kappa shape index (κ3) is 4.59. The number of benzene rings is 1. The molecule has 3 aromatic rings. The maximum atomic E-state index is 12.4. The number of esters is 1. The van der Waals surface area contributed by atoms with Gasteiger partial charge in [0.1, 0.15) is 29.1 Å². The minimum absolute atomic E-state index is 0.0490. The van der Waals surface area contributed by atoms with Crippen LogP contribution in [0.5, 0.6) is 5.75 Å². The molecule has 3 N–H and O–H groups in total. The Kier molecular flexibility index (Phi) is 5.86. The second kappa shape index (κ2) is 8.69. The van der Waals surface area contributed by atoms with E-state index >= 15 is 0 Å². The first-order valence-electron chi connectivity index (χ1n) is 12.5. The van der Waals surface area contributed by atoms with Crippen molar-refractivity contribution in [2.75, 3.05) is 18.4 Å². The number of aromatic nitrogens is 2. The third-order valence-corrected chi connectivity index (χ3v) is 7.35. The van der Waals surface area contributed by atoms with E-state index in [1.165, 1.54) is 0 Å². The zero-order valence-corrected chi connectivity index (χ0v) is 22.1. The standard InChI is InChI=1S/C28H33N5O4/c1-15-25-18(26(35)37-28(15,5)6)7-10-23(32-25)31-24-11-19-20(12-30-24)22(9-8-21(19)27(3,4)29)36-17-13-33(14-17)16(2)34/h7-12,15,17H,13-14,29H2,1-6H3,(H,30,31,32)/t15-/m1/s1. The molecular weight excluding hydrogens is 470 g/mol. The Hall–Kier alpha value is -3.72. The third-order valence-electron chi connectivity index (χ3n) is 7.35. The van der Waals surface area contributed by atoms with Gasteiger partial charge in [-0.25, -0.2) is 14.8 Å². The Labute approximate surface area is 216 Å². The fourth-order valence-corrected chi connectivity index (χ4v) is 4.79. The van der Waals surface area contributed by atoms with Crippen LogP contribution in [0.25, 0.3) is 10.8 Å². The first-order chi connectivity index (χ1) is 17.3. The lowest BCUT2D eigenvalue weighted by Gasteiger charge is -2.38. The molecule has 2 aromatic heterocycles. The van der Waals surface area contributed by atoms with E-state index < -0.39 is 11.1 Å². The van der Waals surface area contributed by atoms with Crippen LogP contribution in [-0.4, -0.2) is 51.5 Å². The van der Waals surface area contributed by atoms with Crippen LogP contribution >= 0.6 is 0 Å². The number of carbonyl (C=O) groups excluding carboxylic acids is 2. The van der Waals surface area contributed by atoms with Crippen LogP contribution in [0.2, 0.25) is 0 Å².